The Morgan fingerprint density at radius 1 is 1.17 bits per heavy atom. The molecule has 5 atom stereocenters. The molecule has 0 spiro atoms. The topological polar surface area (TPSA) is 0 Å². The molecule has 3 fully saturated rings. The standard InChI is InChI=1S/C24H36/c1-4-5-8-19-11-13-23-22-12-10-18-16-17(2)7-6-9-20(18)21(22)14-15-24(19,23)3/h8-9,16-17,21-23H,4-7,10-15H2,1-3H3/b19-8-/t17?,21?,22?,23?,24-/m1/s1. The van der Waals surface area contributed by atoms with Crippen LogP contribution in [0.4, 0.5) is 0 Å². The maximum atomic E-state index is 2.65. The second kappa shape index (κ2) is 6.50. The Hall–Kier alpha value is -0.780. The molecule has 0 amide bonds. The van der Waals surface area contributed by atoms with Crippen LogP contribution in [0.2, 0.25) is 0 Å². The van der Waals surface area contributed by atoms with Gasteiger partial charge in [-0.15, -0.1) is 0 Å². The van der Waals surface area contributed by atoms with E-state index >= 15 is 0 Å². The Morgan fingerprint density at radius 2 is 2.04 bits per heavy atom. The van der Waals surface area contributed by atoms with Crippen molar-refractivity contribution in [2.24, 2.45) is 29.1 Å². The molecule has 0 aromatic carbocycles. The zero-order chi connectivity index (χ0) is 16.7. The summed E-state index contributed by atoms with van der Waals surface area (Å²) in [6.45, 7) is 7.35. The second-order valence-corrected chi connectivity index (χ2v) is 9.33. The fourth-order valence-corrected chi connectivity index (χ4v) is 6.67. The van der Waals surface area contributed by atoms with Gasteiger partial charge in [0.05, 0.1) is 0 Å². The summed E-state index contributed by atoms with van der Waals surface area (Å²) in [4.78, 5) is 0. The SMILES string of the molecule is CCC/C=C1/CCC2C3CCC4=CC(C)CCC=C4C3CC[C@]12C. The Labute approximate surface area is 149 Å². The fraction of sp³-hybridized carbons (Fsp3) is 0.750. The van der Waals surface area contributed by atoms with E-state index in [2.05, 4.69) is 39.0 Å². The lowest BCUT2D eigenvalue weighted by Crippen LogP contribution is -2.41. The summed E-state index contributed by atoms with van der Waals surface area (Å²) in [7, 11) is 0. The molecule has 0 aliphatic heterocycles. The van der Waals surface area contributed by atoms with Crippen LogP contribution in [0.1, 0.15) is 85.0 Å². The van der Waals surface area contributed by atoms with Gasteiger partial charge >= 0.3 is 0 Å². The molecule has 0 aromatic heterocycles. The van der Waals surface area contributed by atoms with E-state index in [1.807, 2.05) is 5.57 Å². The van der Waals surface area contributed by atoms with Crippen LogP contribution in [0.25, 0.3) is 0 Å². The van der Waals surface area contributed by atoms with Crippen molar-refractivity contribution in [1.82, 2.24) is 0 Å². The Kier molecular flexibility index (Phi) is 4.52. The van der Waals surface area contributed by atoms with Gasteiger partial charge in [-0.05, 0) is 98.0 Å². The number of hydrogen-bond acceptors (Lipinski definition) is 0. The third-order valence-electron chi connectivity index (χ3n) is 7.95. The molecule has 24 heavy (non-hydrogen) atoms. The van der Waals surface area contributed by atoms with Gasteiger partial charge in [0, 0.05) is 0 Å². The predicted molar refractivity (Wildman–Crippen MR) is 104 cm³/mol. The number of hydrogen-bond donors (Lipinski definition) is 0. The van der Waals surface area contributed by atoms with Crippen molar-refractivity contribution in [3.63, 3.8) is 0 Å². The second-order valence-electron chi connectivity index (χ2n) is 9.33. The van der Waals surface area contributed by atoms with Gasteiger partial charge in [0.1, 0.15) is 0 Å². The van der Waals surface area contributed by atoms with Gasteiger partial charge in [-0.25, -0.2) is 0 Å². The molecule has 0 nitrogen and oxygen atoms in total. The summed E-state index contributed by atoms with van der Waals surface area (Å²) < 4.78 is 0. The molecular formula is C24H36. The van der Waals surface area contributed by atoms with Crippen LogP contribution in [-0.2, 0) is 0 Å². The molecule has 0 saturated heterocycles. The minimum atomic E-state index is 0.538. The number of rotatable bonds is 2. The molecule has 0 heteroatoms. The molecule has 3 saturated carbocycles. The average Bonchev–Trinajstić information content (AvgIpc) is 2.78. The number of unbranched alkanes of at least 4 members (excludes halogenated alkanes) is 1. The lowest BCUT2D eigenvalue weighted by molar-refractivity contribution is 0.0636. The Balaban J connectivity index is 1.61. The first kappa shape index (κ1) is 16.7. The lowest BCUT2D eigenvalue weighted by Gasteiger charge is -2.50. The highest BCUT2D eigenvalue weighted by Gasteiger charge is 2.52. The van der Waals surface area contributed by atoms with Crippen LogP contribution >= 0.6 is 0 Å². The van der Waals surface area contributed by atoms with Crippen molar-refractivity contribution >= 4 is 0 Å². The van der Waals surface area contributed by atoms with Crippen LogP contribution < -0.4 is 0 Å². The molecule has 0 heterocycles. The van der Waals surface area contributed by atoms with E-state index in [0.717, 1.165) is 23.7 Å². The molecule has 0 radical (unpaired) electrons. The smallest absolute Gasteiger partial charge is 0.00850 e. The summed E-state index contributed by atoms with van der Waals surface area (Å²) in [6.07, 6.45) is 21.7. The van der Waals surface area contributed by atoms with E-state index in [1.54, 1.807) is 11.1 Å². The molecule has 4 rings (SSSR count). The normalized spacial score (nSPS) is 43.4. The maximum absolute atomic E-state index is 2.65. The highest BCUT2D eigenvalue weighted by Crippen LogP contribution is 2.63. The van der Waals surface area contributed by atoms with Crippen molar-refractivity contribution in [3.05, 3.63) is 34.9 Å². The third kappa shape index (κ3) is 2.65. The predicted octanol–water partition coefficient (Wildman–Crippen LogP) is 7.23. The summed E-state index contributed by atoms with van der Waals surface area (Å²) in [5, 5.41) is 0. The molecule has 0 aromatic rings. The highest BCUT2D eigenvalue weighted by atomic mass is 14.6. The van der Waals surface area contributed by atoms with Crippen molar-refractivity contribution in [2.75, 3.05) is 0 Å². The van der Waals surface area contributed by atoms with E-state index in [0.29, 0.717) is 5.41 Å². The molecular weight excluding hydrogens is 288 g/mol. The summed E-state index contributed by atoms with van der Waals surface area (Å²) in [6, 6.07) is 0. The molecule has 0 N–H and O–H groups in total. The summed E-state index contributed by atoms with van der Waals surface area (Å²) >= 11 is 0. The van der Waals surface area contributed by atoms with E-state index in [4.69, 9.17) is 0 Å². The fourth-order valence-electron chi connectivity index (χ4n) is 6.67. The van der Waals surface area contributed by atoms with E-state index in [1.165, 1.54) is 64.2 Å². The lowest BCUT2D eigenvalue weighted by atomic mass is 9.54. The average molecular weight is 325 g/mol. The van der Waals surface area contributed by atoms with E-state index in [9.17, 15) is 0 Å². The first-order valence-corrected chi connectivity index (χ1v) is 10.7. The first-order valence-electron chi connectivity index (χ1n) is 10.7. The van der Waals surface area contributed by atoms with Crippen LogP contribution in [0.5, 0.6) is 0 Å². The molecule has 132 valence electrons. The van der Waals surface area contributed by atoms with Crippen LogP contribution in [0.3, 0.4) is 0 Å². The number of fused-ring (bicyclic) bond motifs is 5. The van der Waals surface area contributed by atoms with E-state index < -0.39 is 0 Å². The zero-order valence-electron chi connectivity index (χ0n) is 16.1. The minimum absolute atomic E-state index is 0.538. The van der Waals surface area contributed by atoms with Crippen molar-refractivity contribution in [1.29, 1.82) is 0 Å². The van der Waals surface area contributed by atoms with Gasteiger partial charge in [-0.2, -0.15) is 0 Å². The summed E-state index contributed by atoms with van der Waals surface area (Å²) in [5.41, 5.74) is 5.90. The molecule has 4 unspecified atom stereocenters. The van der Waals surface area contributed by atoms with Gasteiger partial charge in [-0.3, -0.25) is 0 Å². The van der Waals surface area contributed by atoms with E-state index in [-0.39, 0.29) is 0 Å². The van der Waals surface area contributed by atoms with Gasteiger partial charge in [0.15, 0.2) is 0 Å². The third-order valence-corrected chi connectivity index (χ3v) is 7.95. The van der Waals surface area contributed by atoms with Crippen LogP contribution in [-0.4, -0.2) is 0 Å². The quantitative estimate of drug-likeness (QED) is 0.470. The van der Waals surface area contributed by atoms with Crippen LogP contribution in [0, 0.1) is 29.1 Å². The first-order chi connectivity index (χ1) is 11.6. The Morgan fingerprint density at radius 3 is 2.88 bits per heavy atom. The number of allylic oxidation sites excluding steroid dienone is 6. The molecule has 4 aliphatic carbocycles. The van der Waals surface area contributed by atoms with Crippen molar-refractivity contribution in [3.8, 4) is 0 Å². The van der Waals surface area contributed by atoms with Gasteiger partial charge < -0.3 is 0 Å². The maximum Gasteiger partial charge on any atom is -0.00850 e. The van der Waals surface area contributed by atoms with Crippen LogP contribution in [0.15, 0.2) is 34.9 Å². The minimum Gasteiger partial charge on any atom is -0.0848 e. The van der Waals surface area contributed by atoms with Crippen molar-refractivity contribution < 1.29 is 0 Å². The molecule has 0 bridgehead atoms. The largest absolute Gasteiger partial charge is 0.0848 e. The van der Waals surface area contributed by atoms with Gasteiger partial charge in [0.2, 0.25) is 0 Å². The van der Waals surface area contributed by atoms with Crippen molar-refractivity contribution in [2.45, 2.75) is 85.0 Å². The summed E-state index contributed by atoms with van der Waals surface area (Å²) in [5.74, 6) is 3.60. The van der Waals surface area contributed by atoms with Gasteiger partial charge in [0.25, 0.3) is 0 Å². The Bertz CT molecular complexity index is 575. The molecule has 4 aliphatic rings. The monoisotopic (exact) mass is 324 g/mol. The highest BCUT2D eigenvalue weighted by molar-refractivity contribution is 5.39. The zero-order valence-corrected chi connectivity index (χ0v) is 16.1. The van der Waals surface area contributed by atoms with Gasteiger partial charge in [-0.1, -0.05) is 51.0 Å².